The van der Waals surface area contributed by atoms with Crippen molar-refractivity contribution in [2.75, 3.05) is 14.1 Å². The lowest BCUT2D eigenvalue weighted by Gasteiger charge is -2.40. The van der Waals surface area contributed by atoms with E-state index in [1.807, 2.05) is 32.3 Å². The van der Waals surface area contributed by atoms with E-state index in [0.717, 1.165) is 31.1 Å². The smallest absolute Gasteiger partial charge is 0.218 e. The SMILES string of the molecule is CN(C)C1(C(=O)c2cc3cc(Cl)ccc3o2)CCCCC1. The van der Waals surface area contributed by atoms with Gasteiger partial charge in [-0.3, -0.25) is 9.69 Å². The highest BCUT2D eigenvalue weighted by Crippen LogP contribution is 2.36. The predicted octanol–water partition coefficient (Wildman–Crippen LogP) is 4.53. The maximum absolute atomic E-state index is 13.0. The van der Waals surface area contributed by atoms with Gasteiger partial charge in [0, 0.05) is 10.4 Å². The van der Waals surface area contributed by atoms with E-state index in [1.54, 1.807) is 6.07 Å². The molecule has 21 heavy (non-hydrogen) atoms. The summed E-state index contributed by atoms with van der Waals surface area (Å²) in [6.45, 7) is 0. The van der Waals surface area contributed by atoms with Crippen molar-refractivity contribution in [2.24, 2.45) is 0 Å². The zero-order valence-electron chi connectivity index (χ0n) is 12.5. The molecule has 3 rings (SSSR count). The Bertz CT molecular complexity index is 668. The summed E-state index contributed by atoms with van der Waals surface area (Å²) in [7, 11) is 3.98. The van der Waals surface area contributed by atoms with Crippen molar-refractivity contribution in [3.63, 3.8) is 0 Å². The summed E-state index contributed by atoms with van der Waals surface area (Å²) in [6, 6.07) is 7.26. The number of Topliss-reactive ketones (excluding diaryl/α,β-unsaturated/α-hetero) is 1. The maximum Gasteiger partial charge on any atom is 0.218 e. The Balaban J connectivity index is 2.01. The summed E-state index contributed by atoms with van der Waals surface area (Å²) in [5.41, 5.74) is 0.295. The van der Waals surface area contributed by atoms with E-state index in [0.29, 0.717) is 16.4 Å². The van der Waals surface area contributed by atoms with Crippen LogP contribution in [0.3, 0.4) is 0 Å². The van der Waals surface area contributed by atoms with Gasteiger partial charge >= 0.3 is 0 Å². The number of hydrogen-bond acceptors (Lipinski definition) is 3. The number of carbonyl (C=O) groups is 1. The molecule has 1 aliphatic carbocycles. The van der Waals surface area contributed by atoms with Crippen molar-refractivity contribution in [1.82, 2.24) is 4.90 Å². The minimum Gasteiger partial charge on any atom is -0.453 e. The molecule has 1 heterocycles. The molecule has 112 valence electrons. The lowest BCUT2D eigenvalue weighted by Crippen LogP contribution is -2.52. The van der Waals surface area contributed by atoms with Crippen LogP contribution in [0.15, 0.2) is 28.7 Å². The van der Waals surface area contributed by atoms with Crippen LogP contribution in [0.2, 0.25) is 5.02 Å². The number of benzene rings is 1. The zero-order valence-corrected chi connectivity index (χ0v) is 13.2. The van der Waals surface area contributed by atoms with Gasteiger partial charge < -0.3 is 4.42 Å². The van der Waals surface area contributed by atoms with Crippen molar-refractivity contribution in [3.05, 3.63) is 35.0 Å². The molecule has 1 fully saturated rings. The molecule has 0 saturated heterocycles. The number of fused-ring (bicyclic) bond motifs is 1. The van der Waals surface area contributed by atoms with Gasteiger partial charge in [-0.2, -0.15) is 0 Å². The van der Waals surface area contributed by atoms with Crippen molar-refractivity contribution in [1.29, 1.82) is 0 Å². The Kier molecular flexibility index (Phi) is 3.80. The normalized spacial score (nSPS) is 18.3. The molecule has 3 nitrogen and oxygen atoms in total. The maximum atomic E-state index is 13.0. The Morgan fingerprint density at radius 2 is 1.90 bits per heavy atom. The number of likely N-dealkylation sites (N-methyl/N-ethyl adjacent to an activating group) is 1. The fourth-order valence-electron chi connectivity index (χ4n) is 3.37. The molecule has 0 amide bonds. The molecule has 1 aromatic carbocycles. The third kappa shape index (κ3) is 2.49. The van der Waals surface area contributed by atoms with Gasteiger partial charge in [0.1, 0.15) is 5.58 Å². The van der Waals surface area contributed by atoms with Crippen molar-refractivity contribution in [2.45, 2.75) is 37.6 Å². The molecule has 0 atom stereocenters. The Labute approximate surface area is 129 Å². The number of hydrogen-bond donors (Lipinski definition) is 0. The lowest BCUT2D eigenvalue weighted by molar-refractivity contribution is 0.0536. The van der Waals surface area contributed by atoms with Gasteiger partial charge in [-0.25, -0.2) is 0 Å². The van der Waals surface area contributed by atoms with E-state index in [1.165, 1.54) is 6.42 Å². The number of ketones is 1. The highest BCUT2D eigenvalue weighted by atomic mass is 35.5. The van der Waals surface area contributed by atoms with Gasteiger partial charge in [0.2, 0.25) is 5.78 Å². The largest absolute Gasteiger partial charge is 0.453 e. The van der Waals surface area contributed by atoms with Crippen LogP contribution in [0.25, 0.3) is 11.0 Å². The van der Waals surface area contributed by atoms with E-state index in [2.05, 4.69) is 4.90 Å². The van der Waals surface area contributed by atoms with Gasteiger partial charge in [-0.1, -0.05) is 30.9 Å². The number of furan rings is 1. The van der Waals surface area contributed by atoms with E-state index >= 15 is 0 Å². The summed E-state index contributed by atoms with van der Waals surface area (Å²) >= 11 is 6.00. The van der Waals surface area contributed by atoms with Crippen LogP contribution in [-0.4, -0.2) is 30.3 Å². The molecule has 0 bridgehead atoms. The van der Waals surface area contributed by atoms with E-state index in [9.17, 15) is 4.79 Å². The number of rotatable bonds is 3. The number of halogens is 1. The summed E-state index contributed by atoms with van der Waals surface area (Å²) < 4.78 is 5.78. The van der Waals surface area contributed by atoms with Gasteiger partial charge in [-0.15, -0.1) is 0 Å². The average molecular weight is 306 g/mol. The second-order valence-corrected chi connectivity index (χ2v) is 6.55. The monoisotopic (exact) mass is 305 g/mol. The van der Waals surface area contributed by atoms with Crippen LogP contribution in [0.1, 0.15) is 42.7 Å². The first-order valence-corrected chi connectivity index (χ1v) is 7.82. The molecule has 0 N–H and O–H groups in total. The van der Waals surface area contributed by atoms with Crippen LogP contribution >= 0.6 is 11.6 Å². The molecule has 4 heteroatoms. The average Bonchev–Trinajstić information content (AvgIpc) is 2.89. The fourth-order valence-corrected chi connectivity index (χ4v) is 3.55. The fraction of sp³-hybridized carbons (Fsp3) is 0.471. The van der Waals surface area contributed by atoms with Gasteiger partial charge in [0.05, 0.1) is 5.54 Å². The molecule has 0 unspecified atom stereocenters. The third-order valence-electron chi connectivity index (χ3n) is 4.66. The van der Waals surface area contributed by atoms with E-state index in [-0.39, 0.29) is 5.78 Å². The van der Waals surface area contributed by atoms with E-state index in [4.69, 9.17) is 16.0 Å². The van der Waals surface area contributed by atoms with Crippen molar-refractivity contribution >= 4 is 28.4 Å². The first kappa shape index (κ1) is 14.6. The second kappa shape index (κ2) is 5.47. The van der Waals surface area contributed by atoms with Crippen LogP contribution in [-0.2, 0) is 0 Å². The van der Waals surface area contributed by atoms with Gasteiger partial charge in [0.15, 0.2) is 5.76 Å². The summed E-state index contributed by atoms with van der Waals surface area (Å²) in [6.07, 6.45) is 5.19. The second-order valence-electron chi connectivity index (χ2n) is 6.11. The zero-order chi connectivity index (χ0) is 15.0. The minimum atomic E-state index is -0.421. The first-order chi connectivity index (χ1) is 10.0. The summed E-state index contributed by atoms with van der Waals surface area (Å²) in [5, 5.41) is 1.54. The third-order valence-corrected chi connectivity index (χ3v) is 4.90. The molecular formula is C17H20ClNO2. The Hall–Kier alpha value is -1.32. The van der Waals surface area contributed by atoms with Crippen molar-refractivity contribution < 1.29 is 9.21 Å². The molecule has 2 aromatic rings. The Morgan fingerprint density at radius 1 is 1.19 bits per heavy atom. The van der Waals surface area contributed by atoms with Crippen LogP contribution in [0.4, 0.5) is 0 Å². The standard InChI is InChI=1S/C17H20ClNO2/c1-19(2)17(8-4-3-5-9-17)16(20)15-11-12-10-13(18)6-7-14(12)21-15/h6-7,10-11H,3-5,8-9H2,1-2H3. The van der Waals surface area contributed by atoms with Gasteiger partial charge in [0.25, 0.3) is 0 Å². The highest BCUT2D eigenvalue weighted by molar-refractivity contribution is 6.31. The van der Waals surface area contributed by atoms with Crippen LogP contribution < -0.4 is 0 Å². The molecule has 1 aromatic heterocycles. The Morgan fingerprint density at radius 3 is 2.57 bits per heavy atom. The van der Waals surface area contributed by atoms with Crippen LogP contribution in [0, 0.1) is 0 Å². The van der Waals surface area contributed by atoms with Crippen molar-refractivity contribution in [3.8, 4) is 0 Å². The number of nitrogens with zero attached hydrogens (tertiary/aromatic N) is 1. The molecule has 1 saturated carbocycles. The van der Waals surface area contributed by atoms with E-state index < -0.39 is 5.54 Å². The molecule has 0 spiro atoms. The summed E-state index contributed by atoms with van der Waals surface area (Å²) in [4.78, 5) is 15.1. The molecule has 1 aliphatic rings. The predicted molar refractivity (Wildman–Crippen MR) is 85.1 cm³/mol. The lowest BCUT2D eigenvalue weighted by atomic mass is 9.77. The van der Waals surface area contributed by atoms with Gasteiger partial charge in [-0.05, 0) is 51.2 Å². The topological polar surface area (TPSA) is 33.5 Å². The number of carbonyl (C=O) groups excluding carboxylic acids is 1. The summed E-state index contributed by atoms with van der Waals surface area (Å²) in [5.74, 6) is 0.544. The molecule has 0 radical (unpaired) electrons. The highest BCUT2D eigenvalue weighted by Gasteiger charge is 2.43. The quantitative estimate of drug-likeness (QED) is 0.781. The first-order valence-electron chi connectivity index (χ1n) is 7.44. The molecule has 0 aliphatic heterocycles. The molecular weight excluding hydrogens is 286 g/mol. The minimum absolute atomic E-state index is 0.0968. The van der Waals surface area contributed by atoms with Crippen LogP contribution in [0.5, 0.6) is 0 Å².